The molecular formula is C17H12N4O3. The number of hydrogen-bond donors (Lipinski definition) is 2. The number of benzene rings is 1. The molecule has 0 fully saturated rings. The fourth-order valence-electron chi connectivity index (χ4n) is 2.40. The predicted octanol–water partition coefficient (Wildman–Crippen LogP) is 2.79. The van der Waals surface area contributed by atoms with Crippen molar-refractivity contribution < 1.29 is 9.90 Å². The summed E-state index contributed by atoms with van der Waals surface area (Å²) in [5, 5.41) is 11.8. The topological polar surface area (TPSA) is 92.3 Å². The first-order chi connectivity index (χ1) is 11.5. The van der Waals surface area contributed by atoms with Gasteiger partial charge in [-0.25, -0.2) is 19.3 Å². The Kier molecular flexibility index (Phi) is 3.72. The van der Waals surface area contributed by atoms with Crippen molar-refractivity contribution in [1.82, 2.24) is 14.8 Å². The second kappa shape index (κ2) is 5.85. The van der Waals surface area contributed by atoms with Gasteiger partial charge in [0.1, 0.15) is 0 Å². The summed E-state index contributed by atoms with van der Waals surface area (Å²) in [6.07, 6.45) is 1.20. The number of carbonyl (C=O) groups is 1. The third-order valence-corrected chi connectivity index (χ3v) is 3.58. The fraction of sp³-hybridized carbons (Fsp3) is 0.0588. The molecule has 0 spiro atoms. The number of carboxylic acid groups (broad SMARTS) is 1. The van der Waals surface area contributed by atoms with E-state index in [1.807, 2.05) is 0 Å². The number of pyridine rings is 1. The summed E-state index contributed by atoms with van der Waals surface area (Å²) in [5.41, 5.74) is 2.08. The highest BCUT2D eigenvalue weighted by atomic mass is 16.4. The van der Waals surface area contributed by atoms with Crippen molar-refractivity contribution in [2.24, 2.45) is 0 Å². The van der Waals surface area contributed by atoms with Gasteiger partial charge in [0.2, 0.25) is 0 Å². The highest BCUT2D eigenvalue weighted by molar-refractivity contribution is 5.87. The molecule has 0 bridgehead atoms. The third-order valence-electron chi connectivity index (χ3n) is 3.58. The molecule has 0 aliphatic carbocycles. The molecular weight excluding hydrogens is 308 g/mol. The molecule has 0 unspecified atom stereocenters. The number of aromatic carboxylic acids is 1. The van der Waals surface area contributed by atoms with Crippen molar-refractivity contribution in [3.05, 3.63) is 75.6 Å². The Balaban J connectivity index is 2.07. The zero-order valence-electron chi connectivity index (χ0n) is 12.6. The number of hydrogen-bond acceptors (Lipinski definition) is 3. The summed E-state index contributed by atoms with van der Waals surface area (Å²) in [4.78, 5) is 30.9. The molecule has 24 heavy (non-hydrogen) atoms. The highest BCUT2D eigenvalue weighted by Crippen LogP contribution is 2.22. The normalized spacial score (nSPS) is 10.3. The molecule has 3 aromatic rings. The van der Waals surface area contributed by atoms with Crippen LogP contribution in [0.25, 0.3) is 21.8 Å². The molecule has 0 saturated heterocycles. The molecule has 0 aliphatic rings. The van der Waals surface area contributed by atoms with Gasteiger partial charge >= 0.3 is 5.97 Å². The molecule has 2 N–H and O–H groups in total. The standard InChI is InChI=1S/C17H12N4O3/c1-10-15(11-3-6-13(18-2)7-4-11)16(22)21(20-10)14-8-5-12(9-19-14)17(23)24/h3-9,20H,1H3,(H,23,24). The molecule has 0 aliphatic heterocycles. The van der Waals surface area contributed by atoms with E-state index in [4.69, 9.17) is 11.7 Å². The lowest BCUT2D eigenvalue weighted by molar-refractivity contribution is 0.0696. The van der Waals surface area contributed by atoms with Crippen LogP contribution in [0.1, 0.15) is 16.1 Å². The second-order valence-electron chi connectivity index (χ2n) is 5.12. The van der Waals surface area contributed by atoms with Crippen LogP contribution in [0.5, 0.6) is 0 Å². The smallest absolute Gasteiger partial charge is 0.337 e. The zero-order valence-corrected chi connectivity index (χ0v) is 12.6. The monoisotopic (exact) mass is 320 g/mol. The first kappa shape index (κ1) is 15.2. The molecule has 118 valence electrons. The van der Waals surface area contributed by atoms with Crippen LogP contribution in [-0.2, 0) is 0 Å². The van der Waals surface area contributed by atoms with Gasteiger partial charge in [0, 0.05) is 11.9 Å². The van der Waals surface area contributed by atoms with Gasteiger partial charge < -0.3 is 5.11 Å². The number of H-pyrrole nitrogens is 1. The van der Waals surface area contributed by atoms with E-state index in [0.29, 0.717) is 28.3 Å². The predicted molar refractivity (Wildman–Crippen MR) is 87.6 cm³/mol. The fourth-order valence-corrected chi connectivity index (χ4v) is 2.40. The number of nitrogens with one attached hydrogen (secondary N) is 1. The van der Waals surface area contributed by atoms with Crippen LogP contribution in [-0.4, -0.2) is 25.8 Å². The van der Waals surface area contributed by atoms with Crippen LogP contribution in [0.15, 0.2) is 47.4 Å². The van der Waals surface area contributed by atoms with E-state index in [9.17, 15) is 9.59 Å². The Morgan fingerprint density at radius 1 is 1.25 bits per heavy atom. The number of rotatable bonds is 3. The lowest BCUT2D eigenvalue weighted by atomic mass is 10.1. The quantitative estimate of drug-likeness (QED) is 0.726. The Hall–Kier alpha value is -3.66. The Bertz CT molecular complexity index is 1010. The summed E-state index contributed by atoms with van der Waals surface area (Å²) in [7, 11) is 0. The maximum atomic E-state index is 12.7. The lowest BCUT2D eigenvalue weighted by Gasteiger charge is -2.00. The van der Waals surface area contributed by atoms with E-state index in [1.165, 1.54) is 23.0 Å². The second-order valence-corrected chi connectivity index (χ2v) is 5.12. The van der Waals surface area contributed by atoms with Crippen molar-refractivity contribution in [2.45, 2.75) is 6.92 Å². The number of nitrogens with zero attached hydrogens (tertiary/aromatic N) is 3. The summed E-state index contributed by atoms with van der Waals surface area (Å²) in [6.45, 7) is 8.74. The van der Waals surface area contributed by atoms with E-state index in [2.05, 4.69) is 14.9 Å². The van der Waals surface area contributed by atoms with Crippen molar-refractivity contribution in [2.75, 3.05) is 0 Å². The van der Waals surface area contributed by atoms with Crippen LogP contribution >= 0.6 is 0 Å². The van der Waals surface area contributed by atoms with Crippen LogP contribution in [0, 0.1) is 13.5 Å². The van der Waals surface area contributed by atoms with Crippen molar-refractivity contribution >= 4 is 11.7 Å². The number of carboxylic acids is 1. The highest BCUT2D eigenvalue weighted by Gasteiger charge is 2.15. The van der Waals surface area contributed by atoms with Crippen LogP contribution in [0.2, 0.25) is 0 Å². The van der Waals surface area contributed by atoms with Gasteiger partial charge in [-0.15, -0.1) is 0 Å². The van der Waals surface area contributed by atoms with Gasteiger partial charge in [0.25, 0.3) is 5.56 Å². The van der Waals surface area contributed by atoms with E-state index in [0.717, 1.165) is 0 Å². The molecule has 0 saturated carbocycles. The number of aromatic nitrogens is 3. The molecule has 3 rings (SSSR count). The third kappa shape index (κ3) is 2.57. The van der Waals surface area contributed by atoms with Crippen LogP contribution < -0.4 is 5.56 Å². The average Bonchev–Trinajstić information content (AvgIpc) is 2.89. The largest absolute Gasteiger partial charge is 0.478 e. The van der Waals surface area contributed by atoms with Crippen LogP contribution in [0.4, 0.5) is 5.69 Å². The Morgan fingerprint density at radius 3 is 2.50 bits per heavy atom. The van der Waals surface area contributed by atoms with Crippen molar-refractivity contribution in [3.8, 4) is 16.9 Å². The minimum Gasteiger partial charge on any atom is -0.478 e. The molecule has 0 atom stereocenters. The maximum Gasteiger partial charge on any atom is 0.337 e. The molecule has 2 heterocycles. The Morgan fingerprint density at radius 2 is 1.96 bits per heavy atom. The molecule has 0 amide bonds. The van der Waals surface area contributed by atoms with Gasteiger partial charge in [-0.05, 0) is 24.6 Å². The summed E-state index contributed by atoms with van der Waals surface area (Å²) >= 11 is 0. The molecule has 7 nitrogen and oxygen atoms in total. The van der Waals surface area contributed by atoms with Gasteiger partial charge in [-0.3, -0.25) is 9.89 Å². The van der Waals surface area contributed by atoms with Gasteiger partial charge in [-0.2, -0.15) is 0 Å². The van der Waals surface area contributed by atoms with Gasteiger partial charge in [-0.1, -0.05) is 24.3 Å². The summed E-state index contributed by atoms with van der Waals surface area (Å²) in [6, 6.07) is 9.59. The van der Waals surface area contributed by atoms with E-state index in [1.54, 1.807) is 31.2 Å². The molecule has 0 radical (unpaired) electrons. The first-order valence-electron chi connectivity index (χ1n) is 7.00. The number of aryl methyl sites for hydroxylation is 1. The van der Waals surface area contributed by atoms with Crippen molar-refractivity contribution in [3.63, 3.8) is 0 Å². The maximum absolute atomic E-state index is 12.7. The van der Waals surface area contributed by atoms with Crippen molar-refractivity contribution in [1.29, 1.82) is 0 Å². The van der Waals surface area contributed by atoms with E-state index < -0.39 is 5.97 Å². The molecule has 1 aromatic carbocycles. The molecule has 7 heteroatoms. The van der Waals surface area contributed by atoms with E-state index in [-0.39, 0.29) is 11.1 Å². The number of aromatic amines is 1. The minimum absolute atomic E-state index is 0.0463. The Labute approximate surface area is 136 Å². The average molecular weight is 320 g/mol. The van der Waals surface area contributed by atoms with Gasteiger partial charge in [0.15, 0.2) is 11.5 Å². The summed E-state index contributed by atoms with van der Waals surface area (Å²) in [5.74, 6) is -0.776. The zero-order chi connectivity index (χ0) is 17.3. The minimum atomic E-state index is -1.08. The van der Waals surface area contributed by atoms with E-state index >= 15 is 0 Å². The summed E-state index contributed by atoms with van der Waals surface area (Å²) < 4.78 is 1.26. The van der Waals surface area contributed by atoms with Gasteiger partial charge in [0.05, 0.1) is 17.7 Å². The molecule has 2 aromatic heterocycles. The lowest BCUT2D eigenvalue weighted by Crippen LogP contribution is -2.17. The first-order valence-corrected chi connectivity index (χ1v) is 7.00. The SMILES string of the molecule is [C-]#[N+]c1ccc(-c2c(C)[nH]n(-c3ccc(C(=O)O)cn3)c2=O)cc1. The van der Waals surface area contributed by atoms with Crippen LogP contribution in [0.3, 0.4) is 0 Å².